The average Bonchev–Trinajstić information content (AvgIpc) is 2.97. The first-order chi connectivity index (χ1) is 20.4. The van der Waals surface area contributed by atoms with Crippen LogP contribution in [0.4, 0.5) is 5.69 Å². The smallest absolute Gasteiger partial charge is 0.244 e. The molecule has 2 amide bonds. The predicted molar refractivity (Wildman–Crippen MR) is 171 cm³/mol. The van der Waals surface area contributed by atoms with Gasteiger partial charge in [0, 0.05) is 29.0 Å². The van der Waals surface area contributed by atoms with Crippen LogP contribution < -0.4 is 19.1 Å². The molecule has 1 atom stereocenters. The number of anilines is 1. The van der Waals surface area contributed by atoms with E-state index in [1.807, 2.05) is 75.4 Å². The van der Waals surface area contributed by atoms with Crippen LogP contribution >= 0.6 is 15.9 Å². The first kappa shape index (κ1) is 32.3. The van der Waals surface area contributed by atoms with Crippen molar-refractivity contribution in [1.82, 2.24) is 10.2 Å². The lowest BCUT2D eigenvalue weighted by Crippen LogP contribution is -2.56. The maximum Gasteiger partial charge on any atom is 0.244 e. The van der Waals surface area contributed by atoms with Gasteiger partial charge >= 0.3 is 0 Å². The van der Waals surface area contributed by atoms with Crippen LogP contribution in [0.3, 0.4) is 0 Å². The van der Waals surface area contributed by atoms with Crippen LogP contribution in [-0.2, 0) is 32.6 Å². The third-order valence-electron chi connectivity index (χ3n) is 6.80. The molecule has 0 saturated carbocycles. The van der Waals surface area contributed by atoms with Crippen molar-refractivity contribution < 1.29 is 27.5 Å². The molecule has 1 N–H and O–H groups in total. The van der Waals surface area contributed by atoms with E-state index in [1.54, 1.807) is 18.2 Å². The molecule has 0 fully saturated rings. The lowest BCUT2D eigenvalue weighted by atomic mass is 10.0. The number of rotatable bonds is 11. The van der Waals surface area contributed by atoms with Gasteiger partial charge < -0.3 is 19.7 Å². The second-order valence-corrected chi connectivity index (χ2v) is 14.4. The van der Waals surface area contributed by atoms with Crippen molar-refractivity contribution in [2.75, 3.05) is 29.8 Å². The van der Waals surface area contributed by atoms with Crippen LogP contribution in [-0.4, -0.2) is 62.2 Å². The van der Waals surface area contributed by atoms with Gasteiger partial charge in [-0.25, -0.2) is 8.42 Å². The molecule has 1 aliphatic rings. The number of ether oxygens (including phenoxy) is 2. The Morgan fingerprint density at radius 2 is 1.60 bits per heavy atom. The molecule has 0 saturated heterocycles. The number of halogens is 1. The minimum atomic E-state index is -3.90. The number of fused-ring (bicyclic) bond motifs is 1. The van der Waals surface area contributed by atoms with Crippen LogP contribution in [0.2, 0.25) is 0 Å². The lowest BCUT2D eigenvalue weighted by molar-refractivity contribution is -0.140. The molecule has 9 nitrogen and oxygen atoms in total. The van der Waals surface area contributed by atoms with E-state index in [9.17, 15) is 18.0 Å². The molecule has 3 aromatic carbocycles. The van der Waals surface area contributed by atoms with Crippen LogP contribution in [0.5, 0.6) is 11.5 Å². The highest BCUT2D eigenvalue weighted by Crippen LogP contribution is 2.35. The molecule has 4 rings (SSSR count). The van der Waals surface area contributed by atoms with Gasteiger partial charge in [0.25, 0.3) is 0 Å². The zero-order chi connectivity index (χ0) is 31.2. The number of hydrogen-bond donors (Lipinski definition) is 1. The highest BCUT2D eigenvalue weighted by Gasteiger charge is 2.35. The summed E-state index contributed by atoms with van der Waals surface area (Å²) in [6, 6.07) is 20.8. The van der Waals surface area contributed by atoms with Gasteiger partial charge in [-0.1, -0.05) is 58.4 Å². The fourth-order valence-corrected chi connectivity index (χ4v) is 6.25. The zero-order valence-corrected chi connectivity index (χ0v) is 27.3. The number of hydrogen-bond acceptors (Lipinski definition) is 6. The van der Waals surface area contributed by atoms with Crippen molar-refractivity contribution in [2.24, 2.45) is 0 Å². The van der Waals surface area contributed by atoms with Gasteiger partial charge in [-0.3, -0.25) is 13.9 Å². The van der Waals surface area contributed by atoms with Gasteiger partial charge in [-0.05, 0) is 63.1 Å². The molecule has 0 aliphatic carbocycles. The summed E-state index contributed by atoms with van der Waals surface area (Å²) in [5.41, 5.74) is 1.38. The zero-order valence-electron chi connectivity index (χ0n) is 24.9. The first-order valence-electron chi connectivity index (χ1n) is 14.2. The van der Waals surface area contributed by atoms with E-state index in [4.69, 9.17) is 9.47 Å². The molecule has 3 aromatic rings. The topological polar surface area (TPSA) is 105 Å². The number of carbonyl (C=O) groups is 2. The molecule has 0 bridgehead atoms. The van der Waals surface area contributed by atoms with Gasteiger partial charge in [-0.2, -0.15) is 0 Å². The Bertz CT molecular complexity index is 1540. The molecule has 0 spiro atoms. The molecule has 1 aliphatic heterocycles. The fraction of sp³-hybridized carbons (Fsp3) is 0.375. The SMILES string of the molecule is CCS(=O)(=O)N(CC(=O)N(Cc1cccc(Br)c1)[C@H](Cc1ccccc1)C(=O)NC(C)(C)C)c1ccc2c(c1)OCCO2. The number of amides is 2. The molecular formula is C32H38BrN3O6S. The van der Waals surface area contributed by atoms with Crippen LogP contribution in [0.15, 0.2) is 77.3 Å². The maximum absolute atomic E-state index is 14.3. The standard InChI is InChI=1S/C32H38BrN3O6S/c1-5-43(39,40)36(26-14-15-28-29(20-26)42-17-16-41-28)22-30(37)35(21-24-12-9-13-25(33)18-24)27(31(38)34-32(2,3)4)19-23-10-7-6-8-11-23/h6-15,18,20,27H,5,16-17,19,21-22H2,1-4H3,(H,34,38)/t27-/m1/s1. The summed E-state index contributed by atoms with van der Waals surface area (Å²) in [6.45, 7) is 7.48. The molecule has 43 heavy (non-hydrogen) atoms. The van der Waals surface area contributed by atoms with Gasteiger partial charge in [0.15, 0.2) is 11.5 Å². The number of nitrogens with one attached hydrogen (secondary N) is 1. The normalized spacial score (nSPS) is 13.6. The minimum Gasteiger partial charge on any atom is -0.486 e. The lowest BCUT2D eigenvalue weighted by Gasteiger charge is -2.35. The Kier molecular flexibility index (Phi) is 10.4. The highest BCUT2D eigenvalue weighted by atomic mass is 79.9. The largest absolute Gasteiger partial charge is 0.486 e. The van der Waals surface area contributed by atoms with Crippen molar-refractivity contribution >= 4 is 43.5 Å². The Morgan fingerprint density at radius 3 is 2.26 bits per heavy atom. The molecule has 0 unspecified atom stereocenters. The summed E-state index contributed by atoms with van der Waals surface area (Å²) in [4.78, 5) is 29.7. The van der Waals surface area contributed by atoms with Crippen LogP contribution in [0, 0.1) is 0 Å². The molecule has 0 aromatic heterocycles. The maximum atomic E-state index is 14.3. The van der Waals surface area contributed by atoms with Gasteiger partial charge in [-0.15, -0.1) is 0 Å². The summed E-state index contributed by atoms with van der Waals surface area (Å²) in [6.07, 6.45) is 0.243. The second kappa shape index (κ2) is 13.8. The number of carbonyl (C=O) groups excluding carboxylic acids is 2. The van der Waals surface area contributed by atoms with Gasteiger partial charge in [0.05, 0.1) is 11.4 Å². The summed E-state index contributed by atoms with van der Waals surface area (Å²) < 4.78 is 40.0. The molecule has 1 heterocycles. The third kappa shape index (κ3) is 8.73. The number of benzene rings is 3. The Balaban J connectivity index is 1.76. The van der Waals surface area contributed by atoms with E-state index in [1.165, 1.54) is 11.8 Å². The van der Waals surface area contributed by atoms with E-state index in [-0.39, 0.29) is 30.3 Å². The van der Waals surface area contributed by atoms with E-state index in [0.717, 1.165) is 19.9 Å². The molecule has 230 valence electrons. The van der Waals surface area contributed by atoms with Crippen molar-refractivity contribution in [3.8, 4) is 11.5 Å². The predicted octanol–water partition coefficient (Wildman–Crippen LogP) is 4.93. The minimum absolute atomic E-state index is 0.0918. The summed E-state index contributed by atoms with van der Waals surface area (Å²) in [5.74, 6) is -0.155. The van der Waals surface area contributed by atoms with Crippen molar-refractivity contribution in [3.63, 3.8) is 0 Å². The Labute approximate surface area is 262 Å². The van der Waals surface area contributed by atoms with Crippen LogP contribution in [0.1, 0.15) is 38.8 Å². The van der Waals surface area contributed by atoms with E-state index in [0.29, 0.717) is 24.7 Å². The van der Waals surface area contributed by atoms with E-state index in [2.05, 4.69) is 21.2 Å². The summed E-state index contributed by atoms with van der Waals surface area (Å²) in [7, 11) is -3.90. The third-order valence-corrected chi connectivity index (χ3v) is 9.04. The van der Waals surface area contributed by atoms with Gasteiger partial charge in [0.1, 0.15) is 25.8 Å². The average molecular weight is 673 g/mol. The summed E-state index contributed by atoms with van der Waals surface area (Å²) >= 11 is 3.49. The Hall–Kier alpha value is -3.57. The van der Waals surface area contributed by atoms with Crippen molar-refractivity contribution in [3.05, 3.63) is 88.4 Å². The van der Waals surface area contributed by atoms with Crippen LogP contribution in [0.25, 0.3) is 0 Å². The monoisotopic (exact) mass is 671 g/mol. The second-order valence-electron chi connectivity index (χ2n) is 11.3. The quantitative estimate of drug-likeness (QED) is 0.310. The van der Waals surface area contributed by atoms with E-state index < -0.39 is 34.1 Å². The molecule has 11 heteroatoms. The molecular weight excluding hydrogens is 634 g/mol. The highest BCUT2D eigenvalue weighted by molar-refractivity contribution is 9.10. The van der Waals surface area contributed by atoms with Crippen molar-refractivity contribution in [1.29, 1.82) is 0 Å². The summed E-state index contributed by atoms with van der Waals surface area (Å²) in [5, 5.41) is 3.03. The Morgan fingerprint density at radius 1 is 0.930 bits per heavy atom. The number of sulfonamides is 1. The van der Waals surface area contributed by atoms with Gasteiger partial charge in [0.2, 0.25) is 21.8 Å². The van der Waals surface area contributed by atoms with E-state index >= 15 is 0 Å². The number of nitrogens with zero attached hydrogens (tertiary/aromatic N) is 2. The van der Waals surface area contributed by atoms with Crippen molar-refractivity contribution in [2.45, 2.75) is 52.2 Å². The molecule has 0 radical (unpaired) electrons. The first-order valence-corrected chi connectivity index (χ1v) is 16.6. The fourth-order valence-electron chi connectivity index (χ4n) is 4.75.